The fourth-order valence-electron chi connectivity index (χ4n) is 2.69. The third-order valence-electron chi connectivity index (χ3n) is 4.21. The van der Waals surface area contributed by atoms with Gasteiger partial charge in [0.1, 0.15) is 5.82 Å². The van der Waals surface area contributed by atoms with E-state index in [2.05, 4.69) is 10.0 Å². The molecule has 0 aromatic heterocycles. The number of aromatic carboxylic acids is 1. The third kappa shape index (κ3) is 4.81. The van der Waals surface area contributed by atoms with Gasteiger partial charge in [-0.3, -0.25) is 9.52 Å². The fraction of sp³-hybridized carbons (Fsp3) is 0.0476. The molecule has 0 saturated heterocycles. The summed E-state index contributed by atoms with van der Waals surface area (Å²) in [6.07, 6.45) is 0. The average molecular weight is 428 g/mol. The lowest BCUT2D eigenvalue weighted by Gasteiger charge is -2.12. The van der Waals surface area contributed by atoms with E-state index in [9.17, 15) is 22.4 Å². The molecule has 154 valence electrons. The summed E-state index contributed by atoms with van der Waals surface area (Å²) < 4.78 is 41.1. The molecule has 0 unspecified atom stereocenters. The second-order valence-electron chi connectivity index (χ2n) is 6.43. The van der Waals surface area contributed by atoms with Crippen molar-refractivity contribution in [1.82, 2.24) is 0 Å². The second kappa shape index (κ2) is 8.34. The van der Waals surface area contributed by atoms with Crippen LogP contribution in [0.5, 0.6) is 0 Å². The van der Waals surface area contributed by atoms with E-state index in [0.717, 1.165) is 6.07 Å². The largest absolute Gasteiger partial charge is 0.478 e. The van der Waals surface area contributed by atoms with Crippen molar-refractivity contribution in [2.24, 2.45) is 0 Å². The van der Waals surface area contributed by atoms with E-state index in [4.69, 9.17) is 5.11 Å². The maximum absolute atomic E-state index is 13.3. The number of carboxylic acid groups (broad SMARTS) is 1. The number of benzene rings is 3. The van der Waals surface area contributed by atoms with Crippen molar-refractivity contribution in [1.29, 1.82) is 0 Å². The third-order valence-corrected chi connectivity index (χ3v) is 5.73. The van der Waals surface area contributed by atoms with Gasteiger partial charge in [-0.25, -0.2) is 17.6 Å². The van der Waals surface area contributed by atoms with Gasteiger partial charge in [-0.1, -0.05) is 12.1 Å². The number of nitrogens with one attached hydrogen (secondary N) is 2. The van der Waals surface area contributed by atoms with Gasteiger partial charge in [-0.2, -0.15) is 0 Å². The number of carboxylic acids is 1. The van der Waals surface area contributed by atoms with Crippen LogP contribution in [0.1, 0.15) is 26.3 Å². The highest BCUT2D eigenvalue weighted by atomic mass is 32.2. The zero-order valence-electron chi connectivity index (χ0n) is 15.7. The zero-order chi connectivity index (χ0) is 21.9. The Labute approximate surface area is 172 Å². The highest BCUT2D eigenvalue weighted by Gasteiger charge is 2.20. The lowest BCUT2D eigenvalue weighted by molar-refractivity contribution is 0.0696. The summed E-state index contributed by atoms with van der Waals surface area (Å²) in [7, 11) is -4.07. The first-order chi connectivity index (χ1) is 14.2. The first kappa shape index (κ1) is 21.0. The van der Waals surface area contributed by atoms with Crippen molar-refractivity contribution in [2.45, 2.75) is 11.8 Å². The molecule has 3 aromatic rings. The second-order valence-corrected chi connectivity index (χ2v) is 8.08. The summed E-state index contributed by atoms with van der Waals surface area (Å²) in [5.41, 5.74) is 0.972. The fourth-order valence-corrected chi connectivity index (χ4v) is 4.01. The topological polar surface area (TPSA) is 113 Å². The molecule has 3 N–H and O–H groups in total. The van der Waals surface area contributed by atoms with Crippen molar-refractivity contribution in [3.05, 3.63) is 89.2 Å². The molecule has 0 saturated carbocycles. The minimum atomic E-state index is -4.07. The van der Waals surface area contributed by atoms with Gasteiger partial charge in [0.15, 0.2) is 0 Å². The summed E-state index contributed by atoms with van der Waals surface area (Å²) in [6.45, 7) is 1.58. The quantitative estimate of drug-likeness (QED) is 0.551. The Hall–Kier alpha value is -3.72. The van der Waals surface area contributed by atoms with E-state index >= 15 is 0 Å². The molecule has 0 radical (unpaired) electrons. The predicted molar refractivity (Wildman–Crippen MR) is 110 cm³/mol. The number of sulfonamides is 1. The first-order valence-electron chi connectivity index (χ1n) is 8.69. The number of rotatable bonds is 6. The summed E-state index contributed by atoms with van der Waals surface area (Å²) in [6, 6.07) is 14.7. The molecule has 9 heteroatoms. The van der Waals surface area contributed by atoms with Crippen molar-refractivity contribution in [2.75, 3.05) is 10.0 Å². The van der Waals surface area contributed by atoms with Crippen molar-refractivity contribution in [3.63, 3.8) is 0 Å². The number of aryl methyl sites for hydroxylation is 1. The lowest BCUT2D eigenvalue weighted by Crippen LogP contribution is -2.17. The minimum absolute atomic E-state index is 0.0581. The van der Waals surface area contributed by atoms with Crippen LogP contribution in [-0.4, -0.2) is 25.4 Å². The maximum atomic E-state index is 13.3. The van der Waals surface area contributed by atoms with Crippen LogP contribution in [0.15, 0.2) is 71.6 Å². The number of carbonyl (C=O) groups is 2. The van der Waals surface area contributed by atoms with Crippen LogP contribution in [0.3, 0.4) is 0 Å². The van der Waals surface area contributed by atoms with Crippen molar-refractivity contribution in [3.8, 4) is 0 Å². The SMILES string of the molecule is Cc1ccc(C(=O)Nc2ccc(C(=O)O)cc2)cc1S(=O)(=O)Nc1cccc(F)c1. The molecule has 0 aliphatic heterocycles. The number of hydrogen-bond donors (Lipinski definition) is 3. The molecule has 0 fully saturated rings. The van der Waals surface area contributed by atoms with Crippen LogP contribution < -0.4 is 10.0 Å². The van der Waals surface area contributed by atoms with Gasteiger partial charge >= 0.3 is 5.97 Å². The van der Waals surface area contributed by atoms with E-state index < -0.39 is 27.7 Å². The Kier molecular flexibility index (Phi) is 5.84. The van der Waals surface area contributed by atoms with Gasteiger partial charge in [0.25, 0.3) is 15.9 Å². The number of amides is 1. The minimum Gasteiger partial charge on any atom is -0.478 e. The van der Waals surface area contributed by atoms with Gasteiger partial charge in [0.05, 0.1) is 16.1 Å². The predicted octanol–water partition coefficient (Wildman–Crippen LogP) is 3.89. The molecule has 7 nitrogen and oxygen atoms in total. The Morgan fingerprint density at radius 3 is 2.20 bits per heavy atom. The molecule has 0 atom stereocenters. The van der Waals surface area contributed by atoms with E-state index in [0.29, 0.717) is 11.3 Å². The van der Waals surface area contributed by atoms with Gasteiger partial charge in [-0.05, 0) is 67.1 Å². The maximum Gasteiger partial charge on any atom is 0.335 e. The van der Waals surface area contributed by atoms with Crippen LogP contribution >= 0.6 is 0 Å². The Bertz CT molecular complexity index is 1220. The summed E-state index contributed by atoms with van der Waals surface area (Å²) in [5.74, 6) is -2.25. The van der Waals surface area contributed by atoms with Crippen LogP contribution in [0, 0.1) is 12.7 Å². The molecule has 30 heavy (non-hydrogen) atoms. The average Bonchev–Trinajstić information content (AvgIpc) is 2.68. The Morgan fingerprint density at radius 2 is 1.57 bits per heavy atom. The van der Waals surface area contributed by atoms with E-state index in [-0.39, 0.29) is 21.7 Å². The van der Waals surface area contributed by atoms with Crippen LogP contribution in [0.25, 0.3) is 0 Å². The van der Waals surface area contributed by atoms with Gasteiger partial charge in [0, 0.05) is 11.3 Å². The molecule has 3 aromatic carbocycles. The zero-order valence-corrected chi connectivity index (χ0v) is 16.5. The number of carbonyl (C=O) groups excluding carboxylic acids is 1. The molecule has 0 spiro atoms. The molecule has 0 bridgehead atoms. The van der Waals surface area contributed by atoms with Crippen LogP contribution in [-0.2, 0) is 10.0 Å². The molecular weight excluding hydrogens is 411 g/mol. The highest BCUT2D eigenvalue weighted by molar-refractivity contribution is 7.92. The van der Waals surface area contributed by atoms with Crippen molar-refractivity contribution < 1.29 is 27.5 Å². The van der Waals surface area contributed by atoms with Crippen LogP contribution in [0.4, 0.5) is 15.8 Å². The van der Waals surface area contributed by atoms with E-state index in [1.54, 1.807) is 6.92 Å². The number of anilines is 2. The summed E-state index contributed by atoms with van der Waals surface area (Å²) in [5, 5.41) is 11.5. The number of halogens is 1. The highest BCUT2D eigenvalue weighted by Crippen LogP contribution is 2.22. The molecule has 0 heterocycles. The Morgan fingerprint density at radius 1 is 0.900 bits per heavy atom. The van der Waals surface area contributed by atoms with Gasteiger partial charge in [0.2, 0.25) is 0 Å². The van der Waals surface area contributed by atoms with Gasteiger partial charge in [-0.15, -0.1) is 0 Å². The summed E-state index contributed by atoms with van der Waals surface area (Å²) >= 11 is 0. The standard InChI is InChI=1S/C21H17FN2O5S/c1-13-5-6-15(20(25)23-17-9-7-14(8-10-17)21(26)27)11-19(13)30(28,29)24-18-4-2-3-16(22)12-18/h2-12,24H,1H3,(H,23,25)(H,26,27). The smallest absolute Gasteiger partial charge is 0.335 e. The van der Waals surface area contributed by atoms with E-state index in [1.165, 1.54) is 60.7 Å². The molecule has 3 rings (SSSR count). The molecule has 0 aliphatic rings. The first-order valence-corrected chi connectivity index (χ1v) is 10.2. The normalized spacial score (nSPS) is 11.0. The van der Waals surface area contributed by atoms with E-state index in [1.807, 2.05) is 0 Å². The summed E-state index contributed by atoms with van der Waals surface area (Å²) in [4.78, 5) is 23.3. The lowest BCUT2D eigenvalue weighted by atomic mass is 10.1. The monoisotopic (exact) mass is 428 g/mol. The Balaban J connectivity index is 1.85. The number of hydrogen-bond acceptors (Lipinski definition) is 4. The van der Waals surface area contributed by atoms with Crippen LogP contribution in [0.2, 0.25) is 0 Å². The molecule has 0 aliphatic carbocycles. The molecular formula is C21H17FN2O5S. The van der Waals surface area contributed by atoms with Gasteiger partial charge < -0.3 is 10.4 Å². The molecule has 1 amide bonds. The van der Waals surface area contributed by atoms with Crippen molar-refractivity contribution >= 4 is 33.3 Å².